The van der Waals surface area contributed by atoms with Gasteiger partial charge in [0.05, 0.1) is 18.3 Å². The van der Waals surface area contributed by atoms with Crippen LogP contribution in [0, 0.1) is 6.92 Å². The van der Waals surface area contributed by atoms with Gasteiger partial charge in [-0.25, -0.2) is 0 Å². The van der Waals surface area contributed by atoms with Crippen molar-refractivity contribution in [3.8, 4) is 5.75 Å². The summed E-state index contributed by atoms with van der Waals surface area (Å²) in [5.41, 5.74) is 3.48. The minimum absolute atomic E-state index is 0.121. The molecule has 0 spiro atoms. The van der Waals surface area contributed by atoms with Crippen LogP contribution >= 0.6 is 0 Å². The Morgan fingerprint density at radius 2 is 1.90 bits per heavy atom. The highest BCUT2D eigenvalue weighted by Gasteiger charge is 2.14. The van der Waals surface area contributed by atoms with E-state index in [1.807, 2.05) is 31.3 Å². The minimum atomic E-state index is 0.121. The number of pyridine rings is 1. The topological polar surface area (TPSA) is 34.1 Å². The van der Waals surface area contributed by atoms with Crippen molar-refractivity contribution in [3.05, 3.63) is 59.4 Å². The normalized spacial score (nSPS) is 12.2. The summed E-state index contributed by atoms with van der Waals surface area (Å²) in [5, 5.41) is 3.49. The van der Waals surface area contributed by atoms with Crippen molar-refractivity contribution in [1.29, 1.82) is 0 Å². The fourth-order valence-corrected chi connectivity index (χ4v) is 2.24. The Labute approximate surface area is 121 Å². The molecule has 0 saturated heterocycles. The van der Waals surface area contributed by atoms with Crippen LogP contribution in [0.2, 0.25) is 0 Å². The monoisotopic (exact) mass is 270 g/mol. The van der Waals surface area contributed by atoms with Gasteiger partial charge in [-0.05, 0) is 55.8 Å². The molecule has 1 aromatic heterocycles. The number of benzene rings is 1. The minimum Gasteiger partial charge on any atom is -0.494 e. The molecule has 1 atom stereocenters. The highest BCUT2D eigenvalue weighted by molar-refractivity contribution is 5.34. The lowest BCUT2D eigenvalue weighted by Gasteiger charge is -2.18. The second kappa shape index (κ2) is 7.06. The van der Waals surface area contributed by atoms with Gasteiger partial charge in [0.15, 0.2) is 0 Å². The van der Waals surface area contributed by atoms with Gasteiger partial charge in [-0.2, -0.15) is 0 Å². The third-order valence-corrected chi connectivity index (χ3v) is 3.17. The first-order chi connectivity index (χ1) is 9.74. The Morgan fingerprint density at radius 3 is 2.50 bits per heavy atom. The van der Waals surface area contributed by atoms with E-state index in [2.05, 4.69) is 42.3 Å². The Balaban J connectivity index is 2.28. The highest BCUT2D eigenvalue weighted by Crippen LogP contribution is 2.23. The first-order valence-electron chi connectivity index (χ1n) is 7.13. The predicted molar refractivity (Wildman–Crippen MR) is 82.1 cm³/mol. The maximum atomic E-state index is 5.49. The number of hydrogen-bond acceptors (Lipinski definition) is 3. The fourth-order valence-electron chi connectivity index (χ4n) is 2.24. The zero-order chi connectivity index (χ0) is 14.4. The van der Waals surface area contributed by atoms with Crippen LogP contribution < -0.4 is 10.1 Å². The van der Waals surface area contributed by atoms with E-state index in [1.54, 1.807) is 0 Å². The van der Waals surface area contributed by atoms with E-state index in [-0.39, 0.29) is 6.04 Å². The Kier molecular flexibility index (Phi) is 5.13. The van der Waals surface area contributed by atoms with Crippen LogP contribution in [0.1, 0.15) is 36.7 Å². The molecule has 0 fully saturated rings. The molecule has 0 aliphatic rings. The molecule has 1 N–H and O–H groups in total. The molecule has 1 heterocycles. The van der Waals surface area contributed by atoms with Gasteiger partial charge in [-0.1, -0.05) is 19.1 Å². The van der Waals surface area contributed by atoms with Gasteiger partial charge in [0.25, 0.3) is 0 Å². The summed E-state index contributed by atoms with van der Waals surface area (Å²) >= 11 is 0. The lowest BCUT2D eigenvalue weighted by atomic mass is 10.0. The molecule has 0 aliphatic heterocycles. The lowest BCUT2D eigenvalue weighted by molar-refractivity contribution is 0.340. The molecule has 0 aliphatic carbocycles. The van der Waals surface area contributed by atoms with Gasteiger partial charge in [-0.15, -0.1) is 0 Å². The summed E-state index contributed by atoms with van der Waals surface area (Å²) in [6.07, 6.45) is 1.86. The zero-order valence-corrected chi connectivity index (χ0v) is 12.4. The van der Waals surface area contributed by atoms with Crippen molar-refractivity contribution < 1.29 is 4.74 Å². The van der Waals surface area contributed by atoms with Crippen LogP contribution in [0.15, 0.2) is 42.6 Å². The number of rotatable bonds is 6. The van der Waals surface area contributed by atoms with Crippen molar-refractivity contribution in [2.24, 2.45) is 0 Å². The molecular formula is C17H22N2O. The van der Waals surface area contributed by atoms with E-state index in [4.69, 9.17) is 4.74 Å². The fraction of sp³-hybridized carbons (Fsp3) is 0.353. The molecule has 20 heavy (non-hydrogen) atoms. The SMILES string of the molecule is CCNC(c1ccc(OCC)cc1)c1cc(C)ccn1. The number of hydrogen-bond donors (Lipinski definition) is 1. The summed E-state index contributed by atoms with van der Waals surface area (Å²) in [4.78, 5) is 4.50. The second-order valence-electron chi connectivity index (χ2n) is 4.75. The third-order valence-electron chi connectivity index (χ3n) is 3.17. The van der Waals surface area contributed by atoms with E-state index in [9.17, 15) is 0 Å². The Hall–Kier alpha value is -1.87. The maximum Gasteiger partial charge on any atom is 0.119 e. The van der Waals surface area contributed by atoms with Gasteiger partial charge >= 0.3 is 0 Å². The van der Waals surface area contributed by atoms with Crippen LogP contribution in [0.25, 0.3) is 0 Å². The molecule has 0 amide bonds. The average Bonchev–Trinajstić information content (AvgIpc) is 2.46. The average molecular weight is 270 g/mol. The first kappa shape index (κ1) is 14.5. The number of aryl methyl sites for hydroxylation is 1. The summed E-state index contributed by atoms with van der Waals surface area (Å²) in [7, 11) is 0. The molecule has 3 nitrogen and oxygen atoms in total. The molecule has 3 heteroatoms. The standard InChI is InChI=1S/C17H22N2O/c1-4-18-17(16-12-13(3)10-11-19-16)14-6-8-15(9-7-14)20-5-2/h6-12,17-18H,4-5H2,1-3H3. The summed E-state index contributed by atoms with van der Waals surface area (Å²) < 4.78 is 5.49. The van der Waals surface area contributed by atoms with Crippen molar-refractivity contribution >= 4 is 0 Å². The van der Waals surface area contributed by atoms with Crippen LogP contribution in [0.3, 0.4) is 0 Å². The second-order valence-corrected chi connectivity index (χ2v) is 4.75. The molecule has 106 valence electrons. The molecule has 1 unspecified atom stereocenters. The quantitative estimate of drug-likeness (QED) is 0.872. The molecule has 0 radical (unpaired) electrons. The Morgan fingerprint density at radius 1 is 1.15 bits per heavy atom. The smallest absolute Gasteiger partial charge is 0.119 e. The number of nitrogens with one attached hydrogen (secondary N) is 1. The van der Waals surface area contributed by atoms with Gasteiger partial charge in [-0.3, -0.25) is 4.98 Å². The molecule has 0 saturated carbocycles. The number of nitrogens with zero attached hydrogens (tertiary/aromatic N) is 1. The van der Waals surface area contributed by atoms with Crippen LogP contribution in [-0.2, 0) is 0 Å². The van der Waals surface area contributed by atoms with Gasteiger partial charge < -0.3 is 10.1 Å². The largest absolute Gasteiger partial charge is 0.494 e. The molecule has 1 aromatic carbocycles. The van der Waals surface area contributed by atoms with Gasteiger partial charge in [0.1, 0.15) is 5.75 Å². The molecule has 0 bridgehead atoms. The van der Waals surface area contributed by atoms with Crippen LogP contribution in [0.4, 0.5) is 0 Å². The summed E-state index contributed by atoms with van der Waals surface area (Å²) in [6, 6.07) is 12.5. The maximum absolute atomic E-state index is 5.49. The first-order valence-corrected chi connectivity index (χ1v) is 7.13. The molecular weight excluding hydrogens is 248 g/mol. The van der Waals surface area contributed by atoms with E-state index in [1.165, 1.54) is 11.1 Å². The number of ether oxygens (including phenoxy) is 1. The van der Waals surface area contributed by atoms with Gasteiger partial charge in [0.2, 0.25) is 0 Å². The van der Waals surface area contributed by atoms with E-state index in [0.717, 1.165) is 18.0 Å². The molecule has 2 aromatic rings. The van der Waals surface area contributed by atoms with Crippen LogP contribution in [0.5, 0.6) is 5.75 Å². The van der Waals surface area contributed by atoms with Crippen molar-refractivity contribution in [2.45, 2.75) is 26.8 Å². The summed E-state index contributed by atoms with van der Waals surface area (Å²) in [5.74, 6) is 0.906. The van der Waals surface area contributed by atoms with Crippen molar-refractivity contribution in [1.82, 2.24) is 10.3 Å². The van der Waals surface area contributed by atoms with E-state index >= 15 is 0 Å². The van der Waals surface area contributed by atoms with Crippen LogP contribution in [-0.4, -0.2) is 18.1 Å². The van der Waals surface area contributed by atoms with Gasteiger partial charge in [0, 0.05) is 6.20 Å². The molecule has 2 rings (SSSR count). The number of aromatic nitrogens is 1. The Bertz CT molecular complexity index is 537. The van der Waals surface area contributed by atoms with E-state index < -0.39 is 0 Å². The third kappa shape index (κ3) is 3.58. The zero-order valence-electron chi connectivity index (χ0n) is 12.4. The lowest BCUT2D eigenvalue weighted by Crippen LogP contribution is -2.23. The highest BCUT2D eigenvalue weighted by atomic mass is 16.5. The summed E-state index contributed by atoms with van der Waals surface area (Å²) in [6.45, 7) is 7.78. The van der Waals surface area contributed by atoms with Crippen molar-refractivity contribution in [3.63, 3.8) is 0 Å². The predicted octanol–water partition coefficient (Wildman–Crippen LogP) is 3.49. The van der Waals surface area contributed by atoms with E-state index in [0.29, 0.717) is 6.61 Å². The van der Waals surface area contributed by atoms with Crippen molar-refractivity contribution in [2.75, 3.05) is 13.2 Å².